The van der Waals surface area contributed by atoms with Crippen molar-refractivity contribution in [2.75, 3.05) is 12.5 Å². The van der Waals surface area contributed by atoms with Gasteiger partial charge < -0.3 is 0 Å². The van der Waals surface area contributed by atoms with Gasteiger partial charge in [0.15, 0.2) is 9.99 Å². The molecule has 1 aromatic heterocycles. The number of nitrogens with zero attached hydrogens (tertiary/aromatic N) is 2. The van der Waals surface area contributed by atoms with Gasteiger partial charge in [0.1, 0.15) is 5.03 Å². The molecule has 0 saturated heterocycles. The highest BCUT2D eigenvalue weighted by molar-refractivity contribution is 7.99. The standard InChI is InChI=1S/C7H7Cl3N2S2/c1-13-6-3(8)4(5(9)10)11-7(12-6)14-2/h5H,1-2H3. The van der Waals surface area contributed by atoms with E-state index < -0.39 is 4.84 Å². The first-order valence-electron chi connectivity index (χ1n) is 3.53. The van der Waals surface area contributed by atoms with Crippen LogP contribution in [0.4, 0.5) is 0 Å². The van der Waals surface area contributed by atoms with E-state index in [9.17, 15) is 0 Å². The van der Waals surface area contributed by atoms with E-state index in [0.29, 0.717) is 20.9 Å². The number of alkyl halides is 2. The van der Waals surface area contributed by atoms with Crippen LogP contribution in [-0.4, -0.2) is 22.5 Å². The Labute approximate surface area is 106 Å². The SMILES string of the molecule is CSc1nc(SC)c(Cl)c(C(Cl)Cl)n1. The van der Waals surface area contributed by atoms with E-state index >= 15 is 0 Å². The minimum absolute atomic E-state index is 0.435. The molecule has 0 saturated carbocycles. The molecule has 78 valence electrons. The zero-order valence-electron chi connectivity index (χ0n) is 7.42. The predicted octanol–water partition coefficient (Wildman–Crippen LogP) is 4.05. The fraction of sp³-hybridized carbons (Fsp3) is 0.429. The van der Waals surface area contributed by atoms with Crippen LogP contribution in [0.25, 0.3) is 0 Å². The quantitative estimate of drug-likeness (QED) is 0.363. The first-order chi connectivity index (χ1) is 6.60. The summed E-state index contributed by atoms with van der Waals surface area (Å²) in [5.41, 5.74) is 0.471. The van der Waals surface area contributed by atoms with Gasteiger partial charge >= 0.3 is 0 Å². The van der Waals surface area contributed by atoms with Crippen molar-refractivity contribution in [3.05, 3.63) is 10.7 Å². The summed E-state index contributed by atoms with van der Waals surface area (Å²) in [6, 6.07) is 0. The largest absolute Gasteiger partial charge is 0.223 e. The van der Waals surface area contributed by atoms with Gasteiger partial charge in [-0.05, 0) is 12.5 Å². The van der Waals surface area contributed by atoms with Crippen LogP contribution in [0.1, 0.15) is 10.5 Å². The molecule has 1 rings (SSSR count). The van der Waals surface area contributed by atoms with Crippen molar-refractivity contribution in [1.29, 1.82) is 0 Å². The summed E-state index contributed by atoms with van der Waals surface area (Å²) in [7, 11) is 0. The average molecular weight is 290 g/mol. The number of halogens is 3. The Kier molecular flexibility index (Phi) is 5.14. The van der Waals surface area contributed by atoms with Crippen LogP contribution in [-0.2, 0) is 0 Å². The monoisotopic (exact) mass is 288 g/mol. The van der Waals surface area contributed by atoms with E-state index in [4.69, 9.17) is 34.8 Å². The molecule has 0 unspecified atom stereocenters. The molecule has 1 heterocycles. The average Bonchev–Trinajstić information content (AvgIpc) is 2.17. The molecular formula is C7H7Cl3N2S2. The molecule has 0 aliphatic rings. The van der Waals surface area contributed by atoms with Gasteiger partial charge in [0, 0.05) is 0 Å². The number of aromatic nitrogens is 2. The van der Waals surface area contributed by atoms with Crippen molar-refractivity contribution < 1.29 is 0 Å². The van der Waals surface area contributed by atoms with E-state index in [0.717, 1.165) is 0 Å². The molecule has 0 amide bonds. The maximum atomic E-state index is 6.01. The number of hydrogen-bond acceptors (Lipinski definition) is 4. The van der Waals surface area contributed by atoms with Gasteiger partial charge in [-0.1, -0.05) is 46.6 Å². The Morgan fingerprint density at radius 2 is 1.79 bits per heavy atom. The molecule has 2 nitrogen and oxygen atoms in total. The zero-order valence-corrected chi connectivity index (χ0v) is 11.3. The Hall–Kier alpha value is 0.650. The van der Waals surface area contributed by atoms with Crippen LogP contribution >= 0.6 is 58.3 Å². The maximum absolute atomic E-state index is 6.01. The van der Waals surface area contributed by atoms with Crippen molar-refractivity contribution in [2.45, 2.75) is 15.0 Å². The Morgan fingerprint density at radius 1 is 1.14 bits per heavy atom. The van der Waals surface area contributed by atoms with E-state index in [2.05, 4.69) is 9.97 Å². The first kappa shape index (κ1) is 12.7. The smallest absolute Gasteiger partial charge is 0.188 e. The minimum atomic E-state index is -0.720. The van der Waals surface area contributed by atoms with E-state index in [-0.39, 0.29) is 0 Å². The van der Waals surface area contributed by atoms with Gasteiger partial charge in [-0.15, -0.1) is 11.8 Å². The van der Waals surface area contributed by atoms with Gasteiger partial charge in [-0.25, -0.2) is 9.97 Å². The third kappa shape index (κ3) is 2.83. The summed E-state index contributed by atoms with van der Waals surface area (Å²) < 4.78 is 0. The van der Waals surface area contributed by atoms with Crippen LogP contribution in [0.3, 0.4) is 0 Å². The Morgan fingerprint density at radius 3 is 2.21 bits per heavy atom. The highest BCUT2D eigenvalue weighted by atomic mass is 35.5. The summed E-state index contributed by atoms with van der Waals surface area (Å²) in [6.45, 7) is 0. The van der Waals surface area contributed by atoms with Crippen molar-refractivity contribution in [3.63, 3.8) is 0 Å². The fourth-order valence-corrected chi connectivity index (χ4v) is 2.54. The Balaban J connectivity index is 3.27. The molecule has 0 N–H and O–H groups in total. The third-order valence-corrected chi connectivity index (χ3v) is 3.54. The van der Waals surface area contributed by atoms with E-state index in [1.807, 2.05) is 12.5 Å². The lowest BCUT2D eigenvalue weighted by atomic mass is 10.4. The van der Waals surface area contributed by atoms with Crippen molar-refractivity contribution in [1.82, 2.24) is 9.97 Å². The molecular weight excluding hydrogens is 283 g/mol. The molecule has 0 spiro atoms. The molecule has 0 bridgehead atoms. The molecule has 7 heteroatoms. The lowest BCUT2D eigenvalue weighted by molar-refractivity contribution is 0.857. The molecule has 0 aromatic carbocycles. The molecule has 0 fully saturated rings. The molecule has 0 aliphatic heterocycles. The zero-order chi connectivity index (χ0) is 10.7. The molecule has 1 aromatic rings. The molecule has 0 radical (unpaired) electrons. The summed E-state index contributed by atoms with van der Waals surface area (Å²) in [5.74, 6) is 0. The third-order valence-electron chi connectivity index (χ3n) is 1.41. The van der Waals surface area contributed by atoms with E-state index in [1.165, 1.54) is 23.5 Å². The lowest BCUT2D eigenvalue weighted by Gasteiger charge is -2.08. The van der Waals surface area contributed by atoms with Crippen molar-refractivity contribution >= 4 is 58.3 Å². The van der Waals surface area contributed by atoms with Gasteiger partial charge in [0.25, 0.3) is 0 Å². The first-order valence-corrected chi connectivity index (χ1v) is 7.23. The molecule has 0 aliphatic carbocycles. The number of rotatable bonds is 3. The second-order valence-electron chi connectivity index (χ2n) is 2.22. The second-order valence-corrected chi connectivity index (χ2v) is 5.26. The summed E-state index contributed by atoms with van der Waals surface area (Å²) >= 11 is 20.4. The fourth-order valence-electron chi connectivity index (χ4n) is 0.794. The maximum Gasteiger partial charge on any atom is 0.188 e. The number of hydrogen-bond donors (Lipinski definition) is 0. The Bertz CT molecular complexity index is 333. The summed E-state index contributed by atoms with van der Waals surface area (Å²) in [5, 5.41) is 1.76. The van der Waals surface area contributed by atoms with Crippen molar-refractivity contribution in [3.8, 4) is 0 Å². The predicted molar refractivity (Wildman–Crippen MR) is 65.1 cm³/mol. The molecule has 0 atom stereocenters. The van der Waals surface area contributed by atoms with Crippen LogP contribution < -0.4 is 0 Å². The van der Waals surface area contributed by atoms with Gasteiger partial charge in [-0.2, -0.15) is 0 Å². The van der Waals surface area contributed by atoms with Crippen LogP contribution in [0.5, 0.6) is 0 Å². The number of thioether (sulfide) groups is 2. The van der Waals surface area contributed by atoms with Gasteiger partial charge in [-0.3, -0.25) is 0 Å². The lowest BCUT2D eigenvalue weighted by Crippen LogP contribution is -1.97. The normalized spacial score (nSPS) is 11.0. The van der Waals surface area contributed by atoms with Crippen LogP contribution in [0.2, 0.25) is 5.02 Å². The molecule has 14 heavy (non-hydrogen) atoms. The van der Waals surface area contributed by atoms with Crippen LogP contribution in [0, 0.1) is 0 Å². The minimum Gasteiger partial charge on any atom is -0.223 e. The second kappa shape index (κ2) is 5.66. The van der Waals surface area contributed by atoms with E-state index in [1.54, 1.807) is 0 Å². The van der Waals surface area contributed by atoms with Crippen LogP contribution in [0.15, 0.2) is 10.2 Å². The van der Waals surface area contributed by atoms with Crippen molar-refractivity contribution in [2.24, 2.45) is 0 Å². The summed E-state index contributed by atoms with van der Waals surface area (Å²) in [4.78, 5) is 7.64. The highest BCUT2D eigenvalue weighted by Crippen LogP contribution is 2.35. The van der Waals surface area contributed by atoms with Gasteiger partial charge in [0.2, 0.25) is 0 Å². The van der Waals surface area contributed by atoms with Gasteiger partial charge in [0.05, 0.1) is 10.7 Å². The topological polar surface area (TPSA) is 25.8 Å². The highest BCUT2D eigenvalue weighted by Gasteiger charge is 2.16. The summed E-state index contributed by atoms with van der Waals surface area (Å²) in [6.07, 6.45) is 3.77.